The number of pyridine rings is 1. The van der Waals surface area contributed by atoms with Crippen LogP contribution < -0.4 is 0 Å². The molecule has 1 nitrogen and oxygen atoms in total. The number of aromatic nitrogens is 1. The lowest BCUT2D eigenvalue weighted by Gasteiger charge is -2.28. The Balaban J connectivity index is 1.80. The molecule has 156 valence electrons. The lowest BCUT2D eigenvalue weighted by atomic mass is 9.83. The molecule has 0 fully saturated rings. The third kappa shape index (κ3) is 3.13. The van der Waals surface area contributed by atoms with Gasteiger partial charge in [0.1, 0.15) is 0 Å². The van der Waals surface area contributed by atoms with Crippen LogP contribution >= 0.6 is 0 Å². The van der Waals surface area contributed by atoms with Crippen molar-refractivity contribution in [2.75, 3.05) is 0 Å². The molecule has 1 aromatic heterocycles. The Labute approximate surface area is 179 Å². The van der Waals surface area contributed by atoms with Crippen molar-refractivity contribution in [3.8, 4) is 33.5 Å². The molecule has 31 heavy (non-hydrogen) atoms. The first-order valence-corrected chi connectivity index (χ1v) is 10.3. The Morgan fingerprint density at radius 1 is 0.774 bits per heavy atom. The maximum atomic E-state index is 13.5. The van der Waals surface area contributed by atoms with Gasteiger partial charge >= 0.3 is 6.18 Å². The van der Waals surface area contributed by atoms with E-state index in [-0.39, 0.29) is 6.42 Å². The number of aryl methyl sites for hydroxylation is 1. The van der Waals surface area contributed by atoms with E-state index in [9.17, 15) is 13.2 Å². The van der Waals surface area contributed by atoms with Gasteiger partial charge in [0.15, 0.2) is 0 Å². The van der Waals surface area contributed by atoms with Gasteiger partial charge in [-0.15, -0.1) is 0 Å². The third-order valence-electron chi connectivity index (χ3n) is 6.26. The molecule has 0 N–H and O–H groups in total. The van der Waals surface area contributed by atoms with E-state index in [2.05, 4.69) is 31.2 Å². The SMILES string of the molecule is Cc1cc2c3c(cccc3c1)-c1ccc(CC(C)(C)C(F)(F)F)cc1-c1cccnc1-2. The average Bonchev–Trinajstić information content (AvgIpc) is 2.82. The topological polar surface area (TPSA) is 12.9 Å². The van der Waals surface area contributed by atoms with Crippen molar-refractivity contribution in [1.82, 2.24) is 4.98 Å². The molecular weight excluding hydrogens is 395 g/mol. The van der Waals surface area contributed by atoms with Crippen molar-refractivity contribution in [2.45, 2.75) is 33.4 Å². The molecule has 0 radical (unpaired) electrons. The summed E-state index contributed by atoms with van der Waals surface area (Å²) in [6, 6.07) is 20.2. The van der Waals surface area contributed by atoms with E-state index in [1.165, 1.54) is 13.8 Å². The lowest BCUT2D eigenvalue weighted by Crippen LogP contribution is -2.34. The molecule has 4 heteroatoms. The Morgan fingerprint density at radius 2 is 1.55 bits per heavy atom. The van der Waals surface area contributed by atoms with E-state index in [0.29, 0.717) is 5.56 Å². The number of rotatable bonds is 2. The molecule has 4 aromatic rings. The second kappa shape index (κ2) is 6.68. The molecule has 0 saturated heterocycles. The van der Waals surface area contributed by atoms with Crippen LogP contribution in [0.25, 0.3) is 44.3 Å². The minimum Gasteiger partial charge on any atom is -0.256 e. The summed E-state index contributed by atoms with van der Waals surface area (Å²) in [5, 5.41) is 2.27. The fraction of sp³-hybridized carbons (Fsp3) is 0.222. The lowest BCUT2D eigenvalue weighted by molar-refractivity contribution is -0.211. The van der Waals surface area contributed by atoms with Crippen LogP contribution in [0.4, 0.5) is 13.2 Å². The van der Waals surface area contributed by atoms with E-state index in [4.69, 9.17) is 4.98 Å². The molecule has 5 rings (SSSR count). The highest BCUT2D eigenvalue weighted by Crippen LogP contribution is 2.48. The van der Waals surface area contributed by atoms with Crippen molar-refractivity contribution in [3.63, 3.8) is 0 Å². The maximum Gasteiger partial charge on any atom is 0.394 e. The maximum absolute atomic E-state index is 13.5. The Hall–Kier alpha value is -3.14. The average molecular weight is 417 g/mol. The van der Waals surface area contributed by atoms with E-state index in [1.54, 1.807) is 6.20 Å². The molecule has 1 aliphatic rings. The first-order valence-electron chi connectivity index (χ1n) is 10.3. The highest BCUT2D eigenvalue weighted by molar-refractivity contribution is 6.12. The van der Waals surface area contributed by atoms with Crippen molar-refractivity contribution >= 4 is 10.8 Å². The van der Waals surface area contributed by atoms with E-state index < -0.39 is 11.6 Å². The molecular formula is C27H22F3N. The van der Waals surface area contributed by atoms with E-state index >= 15 is 0 Å². The van der Waals surface area contributed by atoms with Gasteiger partial charge in [-0.05, 0) is 64.1 Å². The standard InChI is InChI=1S/C27H22F3N/c1-16-12-18-6-4-7-20-19-10-9-17(15-26(2,3)27(28,29)30)14-22(19)21-8-5-11-31-25(21)23(13-16)24(18)20/h4-14H,15H2,1-3H3. The zero-order valence-corrected chi connectivity index (χ0v) is 17.6. The number of hydrogen-bond donors (Lipinski definition) is 0. The number of fused-ring (bicyclic) bond motifs is 5. The van der Waals surface area contributed by atoms with Crippen molar-refractivity contribution in [2.24, 2.45) is 5.41 Å². The predicted octanol–water partition coefficient (Wildman–Crippen LogP) is 7.99. The largest absolute Gasteiger partial charge is 0.394 e. The van der Waals surface area contributed by atoms with Gasteiger partial charge in [0.2, 0.25) is 0 Å². The summed E-state index contributed by atoms with van der Waals surface area (Å²) in [7, 11) is 0. The number of nitrogens with zero attached hydrogens (tertiary/aromatic N) is 1. The number of benzene rings is 3. The van der Waals surface area contributed by atoms with Crippen LogP contribution in [-0.2, 0) is 6.42 Å². The Bertz CT molecular complexity index is 1330. The van der Waals surface area contributed by atoms with Crippen LogP contribution in [0.5, 0.6) is 0 Å². The van der Waals surface area contributed by atoms with Crippen LogP contribution in [0.15, 0.2) is 66.9 Å². The van der Waals surface area contributed by atoms with Crippen molar-refractivity contribution < 1.29 is 13.2 Å². The zero-order valence-electron chi connectivity index (χ0n) is 17.6. The summed E-state index contributed by atoms with van der Waals surface area (Å²) in [6.07, 6.45) is -2.56. The summed E-state index contributed by atoms with van der Waals surface area (Å²) in [5.41, 5.74) is 5.94. The fourth-order valence-corrected chi connectivity index (χ4v) is 4.60. The van der Waals surface area contributed by atoms with Gasteiger partial charge in [0, 0.05) is 17.3 Å². The molecule has 3 aromatic carbocycles. The molecule has 0 spiro atoms. The van der Waals surface area contributed by atoms with Gasteiger partial charge in [0.25, 0.3) is 0 Å². The molecule has 0 aliphatic heterocycles. The number of alkyl halides is 3. The number of halogens is 3. The smallest absolute Gasteiger partial charge is 0.256 e. The van der Waals surface area contributed by atoms with Crippen LogP contribution in [-0.4, -0.2) is 11.2 Å². The molecule has 0 unspecified atom stereocenters. The molecule has 1 aliphatic carbocycles. The summed E-state index contributed by atoms with van der Waals surface area (Å²) in [4.78, 5) is 4.71. The van der Waals surface area contributed by atoms with Crippen molar-refractivity contribution in [1.29, 1.82) is 0 Å². The minimum atomic E-state index is -4.27. The summed E-state index contributed by atoms with van der Waals surface area (Å²) in [6.45, 7) is 4.58. The highest BCUT2D eigenvalue weighted by Gasteiger charge is 2.47. The molecule has 0 atom stereocenters. The van der Waals surface area contributed by atoms with E-state index in [1.807, 2.05) is 36.4 Å². The van der Waals surface area contributed by atoms with Crippen LogP contribution in [0, 0.1) is 12.3 Å². The van der Waals surface area contributed by atoms with Crippen LogP contribution in [0.2, 0.25) is 0 Å². The van der Waals surface area contributed by atoms with Gasteiger partial charge in [-0.2, -0.15) is 13.2 Å². The van der Waals surface area contributed by atoms with E-state index in [0.717, 1.165) is 49.8 Å². The highest BCUT2D eigenvalue weighted by atomic mass is 19.4. The molecule has 1 heterocycles. The first-order chi connectivity index (χ1) is 14.7. The van der Waals surface area contributed by atoms with Gasteiger partial charge in [0.05, 0.1) is 11.1 Å². The quantitative estimate of drug-likeness (QED) is 0.284. The van der Waals surface area contributed by atoms with Gasteiger partial charge < -0.3 is 0 Å². The second-order valence-corrected chi connectivity index (χ2v) is 9.05. The Morgan fingerprint density at radius 3 is 2.32 bits per heavy atom. The number of hydrogen-bond acceptors (Lipinski definition) is 1. The van der Waals surface area contributed by atoms with Gasteiger partial charge in [-0.3, -0.25) is 4.98 Å². The molecule has 0 amide bonds. The van der Waals surface area contributed by atoms with Crippen LogP contribution in [0.1, 0.15) is 25.0 Å². The minimum absolute atomic E-state index is 0.0738. The van der Waals surface area contributed by atoms with Crippen LogP contribution in [0.3, 0.4) is 0 Å². The molecule has 0 bridgehead atoms. The van der Waals surface area contributed by atoms with Gasteiger partial charge in [-0.1, -0.05) is 62.4 Å². The summed E-state index contributed by atoms with van der Waals surface area (Å²) >= 11 is 0. The second-order valence-electron chi connectivity index (χ2n) is 9.05. The monoisotopic (exact) mass is 417 g/mol. The summed E-state index contributed by atoms with van der Waals surface area (Å²) in [5.74, 6) is 0. The first kappa shape index (κ1) is 19.8. The predicted molar refractivity (Wildman–Crippen MR) is 120 cm³/mol. The molecule has 0 saturated carbocycles. The summed E-state index contributed by atoms with van der Waals surface area (Å²) < 4.78 is 40.6. The van der Waals surface area contributed by atoms with Crippen molar-refractivity contribution in [3.05, 3.63) is 78.0 Å². The van der Waals surface area contributed by atoms with Gasteiger partial charge in [-0.25, -0.2) is 0 Å². The third-order valence-corrected chi connectivity index (χ3v) is 6.26. The normalized spacial score (nSPS) is 13.0. The fourth-order valence-electron chi connectivity index (χ4n) is 4.60. The Kier molecular flexibility index (Phi) is 4.27. The zero-order chi connectivity index (χ0) is 22.0.